The zero-order valence-electron chi connectivity index (χ0n) is 17.8. The Balaban J connectivity index is 1.64. The number of carbonyl (C=O) groups is 1. The Morgan fingerprint density at radius 2 is 1.97 bits per heavy atom. The van der Waals surface area contributed by atoms with Crippen LogP contribution in [0.5, 0.6) is 5.75 Å². The van der Waals surface area contributed by atoms with Gasteiger partial charge in [0.1, 0.15) is 18.0 Å². The highest BCUT2D eigenvalue weighted by Crippen LogP contribution is 2.43. The van der Waals surface area contributed by atoms with Gasteiger partial charge in [-0.2, -0.15) is 13.2 Å². The maximum Gasteiger partial charge on any atom is 0.416 e. The van der Waals surface area contributed by atoms with Gasteiger partial charge in [0.2, 0.25) is 5.56 Å². The van der Waals surface area contributed by atoms with Gasteiger partial charge in [-0.3, -0.25) is 4.79 Å². The first-order valence-corrected chi connectivity index (χ1v) is 10.2. The van der Waals surface area contributed by atoms with Crippen LogP contribution in [0.25, 0.3) is 10.9 Å². The summed E-state index contributed by atoms with van der Waals surface area (Å²) in [6.07, 6.45) is -4.56. The van der Waals surface area contributed by atoms with E-state index in [-0.39, 0.29) is 17.7 Å². The van der Waals surface area contributed by atoms with Gasteiger partial charge in [-0.15, -0.1) is 0 Å². The van der Waals surface area contributed by atoms with Crippen molar-refractivity contribution < 1.29 is 27.1 Å². The molecule has 33 heavy (non-hydrogen) atoms. The number of urea groups is 1. The first-order chi connectivity index (χ1) is 15.5. The summed E-state index contributed by atoms with van der Waals surface area (Å²) >= 11 is 0. The zero-order chi connectivity index (χ0) is 24.0. The smallest absolute Gasteiger partial charge is 0.416 e. The number of halogens is 4. The number of benzene rings is 2. The number of aromatic amines is 1. The normalized spacial score (nSPS) is 20.1. The van der Waals surface area contributed by atoms with Crippen molar-refractivity contribution in [3.05, 3.63) is 69.5 Å². The third-order valence-corrected chi connectivity index (χ3v) is 5.65. The number of aromatic nitrogens is 1. The fourth-order valence-corrected chi connectivity index (χ4v) is 3.96. The molecule has 3 aromatic rings. The van der Waals surface area contributed by atoms with Crippen LogP contribution in [0, 0.1) is 6.92 Å². The molecule has 0 fully saturated rings. The molecule has 174 valence electrons. The molecular formula is C23H21F4N3O3. The molecule has 0 aliphatic carbocycles. The highest BCUT2D eigenvalue weighted by atomic mass is 19.4. The molecule has 2 heterocycles. The van der Waals surface area contributed by atoms with Crippen molar-refractivity contribution in [2.24, 2.45) is 0 Å². The summed E-state index contributed by atoms with van der Waals surface area (Å²) in [5, 5.41) is 6.08. The number of rotatable bonds is 3. The summed E-state index contributed by atoms with van der Waals surface area (Å²) in [5.74, 6) is -0.125. The molecule has 3 N–H and O–H groups in total. The van der Waals surface area contributed by atoms with Crippen LogP contribution >= 0.6 is 0 Å². The molecule has 2 aromatic carbocycles. The number of hydrogen-bond donors (Lipinski definition) is 3. The average Bonchev–Trinajstić information content (AvgIpc) is 2.74. The lowest BCUT2D eigenvalue weighted by Gasteiger charge is -2.38. The first kappa shape index (κ1) is 22.6. The first-order valence-electron chi connectivity index (χ1n) is 10.2. The molecule has 0 saturated heterocycles. The van der Waals surface area contributed by atoms with E-state index in [9.17, 15) is 27.2 Å². The fraction of sp³-hybridized carbons (Fsp3) is 0.304. The van der Waals surface area contributed by atoms with Gasteiger partial charge in [-0.1, -0.05) is 12.1 Å². The van der Waals surface area contributed by atoms with Crippen molar-refractivity contribution in [1.82, 2.24) is 10.3 Å². The number of pyridine rings is 1. The third kappa shape index (κ3) is 4.50. The van der Waals surface area contributed by atoms with Gasteiger partial charge >= 0.3 is 12.2 Å². The summed E-state index contributed by atoms with van der Waals surface area (Å²) in [5.41, 5.74) is -0.552. The van der Waals surface area contributed by atoms with E-state index in [2.05, 4.69) is 15.6 Å². The Morgan fingerprint density at radius 1 is 1.21 bits per heavy atom. The molecule has 2 atom stereocenters. The molecule has 0 radical (unpaired) electrons. The van der Waals surface area contributed by atoms with Crippen molar-refractivity contribution in [2.75, 3.05) is 12.0 Å². The standard InChI is InChI=1S/C23H21F4N3O3/c1-12-3-7-16-15(6-8-19(31)28-16)20(12)30-21(32)29-17-10-22(2,11-24)33-18-9-13(23(25,26)27)4-5-14(17)18/h3-9,17H,10-11H2,1-2H3,(H,28,31)(H2,29,30,32)/t17-,22+/m1/s1. The van der Waals surface area contributed by atoms with Crippen LogP contribution in [0.4, 0.5) is 28.0 Å². The van der Waals surface area contributed by atoms with Crippen LogP contribution in [0.2, 0.25) is 0 Å². The summed E-state index contributed by atoms with van der Waals surface area (Å²) in [6, 6.07) is 7.91. The minimum absolute atomic E-state index is 0.0249. The predicted molar refractivity (Wildman–Crippen MR) is 115 cm³/mol. The molecule has 0 spiro atoms. The van der Waals surface area contributed by atoms with Gasteiger partial charge in [0.25, 0.3) is 0 Å². The molecule has 6 nitrogen and oxygen atoms in total. The minimum Gasteiger partial charge on any atom is -0.484 e. The Hall–Kier alpha value is -3.56. The highest BCUT2D eigenvalue weighted by Gasteiger charge is 2.40. The minimum atomic E-state index is -4.59. The van der Waals surface area contributed by atoms with Crippen molar-refractivity contribution in [2.45, 2.75) is 38.1 Å². The topological polar surface area (TPSA) is 83.2 Å². The number of ether oxygens (including phenoxy) is 1. The van der Waals surface area contributed by atoms with E-state index in [1.165, 1.54) is 19.1 Å². The lowest BCUT2D eigenvalue weighted by molar-refractivity contribution is -0.137. The number of fused-ring (bicyclic) bond motifs is 2. The van der Waals surface area contributed by atoms with Crippen molar-refractivity contribution in [3.63, 3.8) is 0 Å². The number of anilines is 1. The Kier molecular flexibility index (Phi) is 5.55. The number of hydrogen-bond acceptors (Lipinski definition) is 3. The summed E-state index contributed by atoms with van der Waals surface area (Å²) < 4.78 is 58.7. The van der Waals surface area contributed by atoms with Gasteiger partial charge in [0.15, 0.2) is 0 Å². The molecule has 4 rings (SSSR count). The lowest BCUT2D eigenvalue weighted by atomic mass is 9.88. The van der Waals surface area contributed by atoms with E-state index < -0.39 is 36.1 Å². The number of nitrogens with one attached hydrogen (secondary N) is 3. The molecule has 0 saturated carbocycles. The average molecular weight is 463 g/mol. The van der Waals surface area contributed by atoms with Crippen LogP contribution in [-0.4, -0.2) is 23.3 Å². The van der Waals surface area contributed by atoms with Crippen LogP contribution in [0.1, 0.15) is 36.1 Å². The SMILES string of the molecule is Cc1ccc2[nH]c(=O)ccc2c1NC(=O)N[C@@H]1C[C@@](C)(CF)Oc2cc(C(F)(F)F)ccc21. The second-order valence-electron chi connectivity index (χ2n) is 8.33. The van der Waals surface area contributed by atoms with Gasteiger partial charge in [0, 0.05) is 23.4 Å². The Labute approximate surface area is 186 Å². The van der Waals surface area contributed by atoms with Crippen LogP contribution < -0.4 is 20.9 Å². The highest BCUT2D eigenvalue weighted by molar-refractivity contribution is 6.01. The third-order valence-electron chi connectivity index (χ3n) is 5.65. The largest absolute Gasteiger partial charge is 0.484 e. The monoisotopic (exact) mass is 463 g/mol. The van der Waals surface area contributed by atoms with E-state index in [1.807, 2.05) is 0 Å². The summed E-state index contributed by atoms with van der Waals surface area (Å²) in [6.45, 7) is 2.27. The molecule has 2 amide bonds. The van der Waals surface area contributed by atoms with E-state index in [4.69, 9.17) is 4.74 Å². The number of amides is 2. The van der Waals surface area contributed by atoms with E-state index >= 15 is 0 Å². The second kappa shape index (κ2) is 8.09. The van der Waals surface area contributed by atoms with Crippen LogP contribution in [0.3, 0.4) is 0 Å². The summed E-state index contributed by atoms with van der Waals surface area (Å²) in [4.78, 5) is 27.1. The van der Waals surface area contributed by atoms with Crippen LogP contribution in [-0.2, 0) is 6.18 Å². The van der Waals surface area contributed by atoms with E-state index in [0.29, 0.717) is 22.2 Å². The van der Waals surface area contributed by atoms with Crippen molar-refractivity contribution in [3.8, 4) is 5.75 Å². The molecule has 0 bridgehead atoms. The molecule has 1 aliphatic heterocycles. The number of aryl methyl sites for hydroxylation is 1. The van der Waals surface area contributed by atoms with Gasteiger partial charge in [0.05, 0.1) is 22.8 Å². The zero-order valence-corrected chi connectivity index (χ0v) is 17.8. The molecule has 0 unspecified atom stereocenters. The lowest BCUT2D eigenvalue weighted by Crippen LogP contribution is -2.45. The maximum absolute atomic E-state index is 13.7. The summed E-state index contributed by atoms with van der Waals surface area (Å²) in [7, 11) is 0. The quantitative estimate of drug-likeness (QED) is 0.465. The van der Waals surface area contributed by atoms with Gasteiger partial charge in [-0.05, 0) is 43.7 Å². The fourth-order valence-electron chi connectivity index (χ4n) is 3.96. The van der Waals surface area contributed by atoms with Gasteiger partial charge < -0.3 is 20.4 Å². The molecule has 1 aliphatic rings. The predicted octanol–water partition coefficient (Wildman–Crippen LogP) is 5.23. The van der Waals surface area contributed by atoms with Crippen molar-refractivity contribution >= 4 is 22.6 Å². The Morgan fingerprint density at radius 3 is 2.67 bits per heavy atom. The number of H-pyrrole nitrogens is 1. The van der Waals surface area contributed by atoms with Crippen LogP contribution in [0.15, 0.2) is 47.3 Å². The number of carbonyl (C=O) groups excluding carboxylic acids is 1. The maximum atomic E-state index is 13.7. The molecule has 1 aromatic heterocycles. The van der Waals surface area contributed by atoms with Crippen molar-refractivity contribution in [1.29, 1.82) is 0 Å². The van der Waals surface area contributed by atoms with E-state index in [0.717, 1.165) is 17.7 Å². The second-order valence-corrected chi connectivity index (χ2v) is 8.33. The van der Waals surface area contributed by atoms with Gasteiger partial charge in [-0.25, -0.2) is 9.18 Å². The van der Waals surface area contributed by atoms with E-state index in [1.54, 1.807) is 25.1 Å². The molecule has 10 heteroatoms. The molecular weight excluding hydrogens is 442 g/mol. The number of alkyl halides is 4. The Bertz CT molecular complexity index is 1290.